The van der Waals surface area contributed by atoms with Gasteiger partial charge in [-0.25, -0.2) is 0 Å². The van der Waals surface area contributed by atoms with Crippen molar-refractivity contribution in [2.75, 3.05) is 6.61 Å². The molecule has 25 heavy (non-hydrogen) atoms. The van der Waals surface area contributed by atoms with Gasteiger partial charge in [0.1, 0.15) is 0 Å². The summed E-state index contributed by atoms with van der Waals surface area (Å²) in [4.78, 5) is 0. The van der Waals surface area contributed by atoms with Gasteiger partial charge in [0.25, 0.3) is 0 Å². The molecule has 4 saturated carbocycles. The van der Waals surface area contributed by atoms with Crippen LogP contribution in [0.2, 0.25) is 0 Å². The van der Waals surface area contributed by atoms with E-state index in [1.54, 1.807) is 0 Å². The smallest absolute Gasteiger partial charge is 0.174 e. The van der Waals surface area contributed by atoms with Crippen molar-refractivity contribution in [1.82, 2.24) is 0 Å². The molecule has 0 amide bonds. The van der Waals surface area contributed by atoms with Crippen molar-refractivity contribution in [3.8, 4) is 0 Å². The summed E-state index contributed by atoms with van der Waals surface area (Å²) < 4.78 is 6.03. The number of aliphatic hydroxyl groups is 4. The van der Waals surface area contributed by atoms with Crippen LogP contribution in [0.15, 0.2) is 12.2 Å². The van der Waals surface area contributed by atoms with Gasteiger partial charge in [0.05, 0.1) is 30.3 Å². The molecule has 0 radical (unpaired) electrons. The summed E-state index contributed by atoms with van der Waals surface area (Å²) in [6.07, 6.45) is 0.999. The standard InChI is InChI=1S/C20H30O5/c1-10-11-6-12(21)15-18-9-25-20(24,19(15,7-11)16(10)23)8-13(18)17(2,3)5-4-14(18)22/h11-16,21-24H,1,4-9H2,2-3H3. The Labute approximate surface area is 148 Å². The van der Waals surface area contributed by atoms with Crippen molar-refractivity contribution < 1.29 is 25.2 Å². The number of fused-ring (bicyclic) bond motifs is 2. The predicted octanol–water partition coefficient (Wildman–Crippen LogP) is 1.20. The van der Waals surface area contributed by atoms with Crippen LogP contribution in [0.25, 0.3) is 0 Å². The van der Waals surface area contributed by atoms with E-state index in [2.05, 4.69) is 20.4 Å². The first-order chi connectivity index (χ1) is 11.6. The Hall–Kier alpha value is -0.460. The van der Waals surface area contributed by atoms with Gasteiger partial charge in [-0.2, -0.15) is 0 Å². The molecular formula is C20H30O5. The van der Waals surface area contributed by atoms with E-state index in [1.807, 2.05) is 0 Å². The molecule has 2 saturated heterocycles. The molecule has 2 spiro atoms. The van der Waals surface area contributed by atoms with Crippen molar-refractivity contribution in [3.05, 3.63) is 12.2 Å². The molecule has 9 atom stereocenters. The normalized spacial score (nSPS) is 61.8. The maximum Gasteiger partial charge on any atom is 0.174 e. The van der Waals surface area contributed by atoms with Crippen LogP contribution >= 0.6 is 0 Å². The zero-order valence-electron chi connectivity index (χ0n) is 15.1. The number of hydrogen-bond acceptors (Lipinski definition) is 5. The fourth-order valence-electron chi connectivity index (χ4n) is 7.95. The van der Waals surface area contributed by atoms with Gasteiger partial charge in [0, 0.05) is 17.8 Å². The highest BCUT2D eigenvalue weighted by atomic mass is 16.6. The quantitative estimate of drug-likeness (QED) is 0.493. The lowest BCUT2D eigenvalue weighted by atomic mass is 9.36. The minimum atomic E-state index is -1.46. The van der Waals surface area contributed by atoms with Crippen LogP contribution in [0.4, 0.5) is 0 Å². The highest BCUT2D eigenvalue weighted by molar-refractivity contribution is 5.34. The average molecular weight is 350 g/mol. The van der Waals surface area contributed by atoms with Crippen LogP contribution in [0.1, 0.15) is 46.0 Å². The second kappa shape index (κ2) is 4.50. The monoisotopic (exact) mass is 350 g/mol. The Morgan fingerprint density at radius 3 is 2.60 bits per heavy atom. The van der Waals surface area contributed by atoms with E-state index < -0.39 is 34.9 Å². The van der Waals surface area contributed by atoms with E-state index in [-0.39, 0.29) is 29.8 Å². The molecule has 140 valence electrons. The predicted molar refractivity (Wildman–Crippen MR) is 90.3 cm³/mol. The second-order valence-electron chi connectivity index (χ2n) is 10.2. The van der Waals surface area contributed by atoms with Gasteiger partial charge in [-0.3, -0.25) is 0 Å². The molecule has 6 fully saturated rings. The van der Waals surface area contributed by atoms with Gasteiger partial charge in [-0.1, -0.05) is 20.4 Å². The van der Waals surface area contributed by atoms with Crippen molar-refractivity contribution in [2.45, 2.75) is 70.1 Å². The molecule has 4 bridgehead atoms. The first-order valence-electron chi connectivity index (χ1n) is 9.69. The van der Waals surface area contributed by atoms with Gasteiger partial charge in [0.2, 0.25) is 0 Å². The van der Waals surface area contributed by atoms with E-state index in [9.17, 15) is 20.4 Å². The van der Waals surface area contributed by atoms with E-state index in [4.69, 9.17) is 4.74 Å². The zero-order chi connectivity index (χ0) is 18.0. The maximum atomic E-state index is 11.6. The first-order valence-corrected chi connectivity index (χ1v) is 9.69. The molecule has 0 aromatic heterocycles. The topological polar surface area (TPSA) is 90.2 Å². The number of rotatable bonds is 0. The van der Waals surface area contributed by atoms with Gasteiger partial charge < -0.3 is 25.2 Å². The van der Waals surface area contributed by atoms with Gasteiger partial charge >= 0.3 is 0 Å². The maximum absolute atomic E-state index is 11.6. The van der Waals surface area contributed by atoms with E-state index in [0.717, 1.165) is 6.42 Å². The molecule has 6 rings (SSSR count). The zero-order valence-corrected chi connectivity index (χ0v) is 15.1. The van der Waals surface area contributed by atoms with Crippen LogP contribution in [-0.4, -0.2) is 51.1 Å². The Balaban J connectivity index is 1.76. The molecular weight excluding hydrogens is 320 g/mol. The van der Waals surface area contributed by atoms with Crippen LogP contribution in [0.3, 0.4) is 0 Å². The van der Waals surface area contributed by atoms with Crippen LogP contribution < -0.4 is 0 Å². The number of aliphatic hydroxyl groups excluding tert-OH is 3. The lowest BCUT2D eigenvalue weighted by Crippen LogP contribution is -2.80. The summed E-state index contributed by atoms with van der Waals surface area (Å²) in [5.74, 6) is -1.75. The molecule has 5 nitrogen and oxygen atoms in total. The molecule has 2 heterocycles. The highest BCUT2D eigenvalue weighted by Crippen LogP contribution is 2.77. The third kappa shape index (κ3) is 1.56. The Morgan fingerprint density at radius 1 is 1.16 bits per heavy atom. The fraction of sp³-hybridized carbons (Fsp3) is 0.900. The first kappa shape index (κ1) is 16.7. The summed E-state index contributed by atoms with van der Waals surface area (Å²) >= 11 is 0. The molecule has 0 aromatic carbocycles. The molecule has 4 aliphatic carbocycles. The molecule has 0 aromatic rings. The molecule has 5 heteroatoms. The largest absolute Gasteiger partial charge is 0.393 e. The van der Waals surface area contributed by atoms with Crippen LogP contribution in [0, 0.1) is 34.0 Å². The summed E-state index contributed by atoms with van der Waals surface area (Å²) in [6, 6.07) is 0. The Morgan fingerprint density at radius 2 is 1.88 bits per heavy atom. The number of ether oxygens (including phenoxy) is 1. The molecule has 2 aliphatic heterocycles. The van der Waals surface area contributed by atoms with Crippen molar-refractivity contribution in [2.24, 2.45) is 34.0 Å². The Kier molecular flexibility index (Phi) is 3.01. The number of hydrogen-bond donors (Lipinski definition) is 4. The van der Waals surface area contributed by atoms with Crippen molar-refractivity contribution in [3.63, 3.8) is 0 Å². The highest BCUT2D eigenvalue weighted by Gasteiger charge is 2.82. The lowest BCUT2D eigenvalue weighted by Gasteiger charge is -2.74. The lowest BCUT2D eigenvalue weighted by molar-refractivity contribution is -0.443. The summed E-state index contributed by atoms with van der Waals surface area (Å²) in [5.41, 5.74) is -0.892. The van der Waals surface area contributed by atoms with Crippen molar-refractivity contribution >= 4 is 0 Å². The summed E-state index contributed by atoms with van der Waals surface area (Å²) in [7, 11) is 0. The third-order valence-electron chi connectivity index (χ3n) is 9.04. The van der Waals surface area contributed by atoms with Crippen molar-refractivity contribution in [1.29, 1.82) is 0 Å². The van der Waals surface area contributed by atoms with Crippen LogP contribution in [0.5, 0.6) is 0 Å². The Bertz CT molecular complexity index is 646. The van der Waals surface area contributed by atoms with Gasteiger partial charge in [-0.05, 0) is 48.5 Å². The van der Waals surface area contributed by atoms with Gasteiger partial charge in [0.15, 0.2) is 5.79 Å². The SMILES string of the molecule is C=C1C2CC(O)C3C45COC(O)(CC4C(C)(C)CCC5O)C3(C2)C1O. The fourth-order valence-corrected chi connectivity index (χ4v) is 7.95. The third-order valence-corrected chi connectivity index (χ3v) is 9.04. The second-order valence-corrected chi connectivity index (χ2v) is 10.2. The van der Waals surface area contributed by atoms with E-state index >= 15 is 0 Å². The molecule has 4 N–H and O–H groups in total. The minimum Gasteiger partial charge on any atom is -0.393 e. The van der Waals surface area contributed by atoms with E-state index in [1.165, 1.54) is 0 Å². The summed E-state index contributed by atoms with van der Waals surface area (Å²) in [6.45, 7) is 8.72. The molecule has 6 aliphatic rings. The van der Waals surface area contributed by atoms with Gasteiger partial charge in [-0.15, -0.1) is 0 Å². The minimum absolute atomic E-state index is 0.0109. The average Bonchev–Trinajstić information content (AvgIpc) is 2.75. The molecule has 9 unspecified atom stereocenters. The summed E-state index contributed by atoms with van der Waals surface area (Å²) in [5, 5.41) is 45.1. The van der Waals surface area contributed by atoms with E-state index in [0.29, 0.717) is 31.3 Å². The van der Waals surface area contributed by atoms with Crippen LogP contribution in [-0.2, 0) is 4.74 Å².